The molecule has 1 fully saturated rings. The highest BCUT2D eigenvalue weighted by Crippen LogP contribution is 2.27. The first-order valence-electron chi connectivity index (χ1n) is 6.81. The van der Waals surface area contributed by atoms with E-state index in [2.05, 4.69) is 17.0 Å². The van der Waals surface area contributed by atoms with Gasteiger partial charge >= 0.3 is 0 Å². The van der Waals surface area contributed by atoms with Gasteiger partial charge in [-0.15, -0.1) is 11.3 Å². The van der Waals surface area contributed by atoms with Crippen molar-refractivity contribution in [3.05, 3.63) is 16.3 Å². The molecule has 1 heterocycles. The molecular formula is C13H22N2O2S2. The standard InChI is InChI=1S/C13H22N2O2S2/c1-3-14-8-12-7-13(9-18-12)19(16,17)15-11-5-4-10(2)6-11/h7,9-11,14-15H,3-6,8H2,1-2H3. The molecule has 19 heavy (non-hydrogen) atoms. The molecule has 4 nitrogen and oxygen atoms in total. The summed E-state index contributed by atoms with van der Waals surface area (Å²) in [6.45, 7) is 5.83. The Balaban J connectivity index is 2.00. The fraction of sp³-hybridized carbons (Fsp3) is 0.692. The third-order valence-corrected chi connectivity index (χ3v) is 6.09. The molecule has 2 rings (SSSR count). The molecule has 1 saturated carbocycles. The molecule has 1 aliphatic carbocycles. The first-order valence-corrected chi connectivity index (χ1v) is 9.18. The van der Waals surface area contributed by atoms with Crippen molar-refractivity contribution in [3.8, 4) is 0 Å². The molecule has 0 radical (unpaired) electrons. The minimum atomic E-state index is -3.34. The molecular weight excluding hydrogens is 280 g/mol. The summed E-state index contributed by atoms with van der Waals surface area (Å²) < 4.78 is 27.3. The zero-order chi connectivity index (χ0) is 13.9. The summed E-state index contributed by atoms with van der Waals surface area (Å²) in [6.07, 6.45) is 3.02. The molecule has 0 aliphatic heterocycles. The van der Waals surface area contributed by atoms with Gasteiger partial charge in [0.1, 0.15) is 0 Å². The van der Waals surface area contributed by atoms with E-state index < -0.39 is 10.0 Å². The van der Waals surface area contributed by atoms with Gasteiger partial charge in [0.25, 0.3) is 0 Å². The Morgan fingerprint density at radius 3 is 2.84 bits per heavy atom. The molecule has 6 heteroatoms. The minimum Gasteiger partial charge on any atom is -0.312 e. The van der Waals surface area contributed by atoms with E-state index in [-0.39, 0.29) is 6.04 Å². The summed E-state index contributed by atoms with van der Waals surface area (Å²) in [4.78, 5) is 1.46. The second kappa shape index (κ2) is 6.35. The maximum absolute atomic E-state index is 12.3. The average molecular weight is 302 g/mol. The van der Waals surface area contributed by atoms with Crippen LogP contribution in [0.15, 0.2) is 16.3 Å². The monoisotopic (exact) mass is 302 g/mol. The highest BCUT2D eigenvalue weighted by molar-refractivity contribution is 7.89. The highest BCUT2D eigenvalue weighted by atomic mass is 32.2. The zero-order valence-electron chi connectivity index (χ0n) is 11.5. The van der Waals surface area contributed by atoms with Crippen LogP contribution in [-0.2, 0) is 16.6 Å². The molecule has 1 aromatic rings. The Labute approximate surface area is 119 Å². The van der Waals surface area contributed by atoms with E-state index in [1.54, 1.807) is 11.4 Å². The average Bonchev–Trinajstić information content (AvgIpc) is 2.95. The number of sulfonamides is 1. The van der Waals surface area contributed by atoms with E-state index in [0.29, 0.717) is 10.8 Å². The smallest absolute Gasteiger partial charge is 0.241 e. The highest BCUT2D eigenvalue weighted by Gasteiger charge is 2.26. The Morgan fingerprint density at radius 1 is 1.42 bits per heavy atom. The molecule has 0 saturated heterocycles. The van der Waals surface area contributed by atoms with Crippen molar-refractivity contribution in [1.29, 1.82) is 0 Å². The van der Waals surface area contributed by atoms with Crippen molar-refractivity contribution in [1.82, 2.24) is 10.0 Å². The fourth-order valence-corrected chi connectivity index (χ4v) is 4.97. The first kappa shape index (κ1) is 15.0. The molecule has 1 aromatic heterocycles. The van der Waals surface area contributed by atoms with Gasteiger partial charge in [-0.25, -0.2) is 13.1 Å². The van der Waals surface area contributed by atoms with Crippen LogP contribution < -0.4 is 10.0 Å². The van der Waals surface area contributed by atoms with Gasteiger partial charge in [0.2, 0.25) is 10.0 Å². The predicted octanol–water partition coefficient (Wildman–Crippen LogP) is 2.32. The van der Waals surface area contributed by atoms with E-state index in [1.807, 2.05) is 6.92 Å². The summed E-state index contributed by atoms with van der Waals surface area (Å²) in [6, 6.07) is 1.88. The molecule has 2 atom stereocenters. The minimum absolute atomic E-state index is 0.108. The lowest BCUT2D eigenvalue weighted by Gasteiger charge is -2.11. The fourth-order valence-electron chi connectivity index (χ4n) is 2.44. The molecule has 0 spiro atoms. The second-order valence-corrected chi connectivity index (χ2v) is 7.98. The van der Waals surface area contributed by atoms with Gasteiger partial charge in [0.15, 0.2) is 0 Å². The van der Waals surface area contributed by atoms with E-state index >= 15 is 0 Å². The Kier molecular flexibility index (Phi) is 5.00. The molecule has 1 aliphatic rings. The van der Waals surface area contributed by atoms with Gasteiger partial charge in [-0.2, -0.15) is 0 Å². The Bertz CT molecular complexity index is 510. The van der Waals surface area contributed by atoms with Gasteiger partial charge < -0.3 is 5.32 Å². The summed E-state index contributed by atoms with van der Waals surface area (Å²) in [5.74, 6) is 0.625. The van der Waals surface area contributed by atoms with Crippen LogP contribution in [0.2, 0.25) is 0 Å². The van der Waals surface area contributed by atoms with Crippen LogP contribution in [0.5, 0.6) is 0 Å². The molecule has 2 N–H and O–H groups in total. The number of hydrogen-bond acceptors (Lipinski definition) is 4. The second-order valence-electron chi connectivity index (χ2n) is 5.27. The van der Waals surface area contributed by atoms with Crippen molar-refractivity contribution in [3.63, 3.8) is 0 Å². The van der Waals surface area contributed by atoms with E-state index in [9.17, 15) is 8.42 Å². The van der Waals surface area contributed by atoms with Gasteiger partial charge in [-0.3, -0.25) is 0 Å². The van der Waals surface area contributed by atoms with E-state index in [4.69, 9.17) is 0 Å². The zero-order valence-corrected chi connectivity index (χ0v) is 13.1. The van der Waals surface area contributed by atoms with Crippen LogP contribution in [0.3, 0.4) is 0 Å². The SMILES string of the molecule is CCNCc1cc(S(=O)(=O)NC2CCC(C)C2)cs1. The normalized spacial score (nSPS) is 23.9. The summed E-state index contributed by atoms with van der Waals surface area (Å²) >= 11 is 1.49. The van der Waals surface area contributed by atoms with Crippen molar-refractivity contribution < 1.29 is 8.42 Å². The van der Waals surface area contributed by atoms with E-state index in [0.717, 1.165) is 37.2 Å². The number of nitrogens with one attached hydrogen (secondary N) is 2. The molecule has 0 bridgehead atoms. The maximum atomic E-state index is 12.3. The van der Waals surface area contributed by atoms with Crippen molar-refractivity contribution in [2.45, 2.75) is 50.6 Å². The summed E-state index contributed by atoms with van der Waals surface area (Å²) in [5, 5.41) is 4.93. The number of hydrogen-bond donors (Lipinski definition) is 2. The van der Waals surface area contributed by atoms with Crippen LogP contribution in [0.4, 0.5) is 0 Å². The van der Waals surface area contributed by atoms with Gasteiger partial charge in [0, 0.05) is 22.8 Å². The van der Waals surface area contributed by atoms with Crippen molar-refractivity contribution >= 4 is 21.4 Å². The van der Waals surface area contributed by atoms with Gasteiger partial charge in [-0.05, 0) is 37.8 Å². The van der Waals surface area contributed by atoms with Crippen LogP contribution in [0.25, 0.3) is 0 Å². The lowest BCUT2D eigenvalue weighted by molar-refractivity contribution is 0.538. The quantitative estimate of drug-likeness (QED) is 0.848. The van der Waals surface area contributed by atoms with Crippen LogP contribution >= 0.6 is 11.3 Å². The first-order chi connectivity index (χ1) is 9.01. The lowest BCUT2D eigenvalue weighted by Crippen LogP contribution is -2.32. The van der Waals surface area contributed by atoms with Crippen molar-refractivity contribution in [2.24, 2.45) is 5.92 Å². The van der Waals surface area contributed by atoms with Crippen LogP contribution in [-0.4, -0.2) is 21.0 Å². The molecule has 108 valence electrons. The van der Waals surface area contributed by atoms with E-state index in [1.165, 1.54) is 11.3 Å². The molecule has 0 aromatic carbocycles. The molecule has 2 unspecified atom stereocenters. The van der Waals surface area contributed by atoms with Crippen LogP contribution in [0.1, 0.15) is 38.0 Å². The molecule has 0 amide bonds. The maximum Gasteiger partial charge on any atom is 0.241 e. The Hall–Kier alpha value is -0.430. The number of rotatable bonds is 6. The van der Waals surface area contributed by atoms with Gasteiger partial charge in [0.05, 0.1) is 4.90 Å². The number of thiophene rings is 1. The largest absolute Gasteiger partial charge is 0.312 e. The third kappa shape index (κ3) is 4.02. The lowest BCUT2D eigenvalue weighted by atomic mass is 10.1. The summed E-state index contributed by atoms with van der Waals surface area (Å²) in [7, 11) is -3.34. The van der Waals surface area contributed by atoms with Gasteiger partial charge in [-0.1, -0.05) is 13.8 Å². The topological polar surface area (TPSA) is 58.2 Å². The van der Waals surface area contributed by atoms with Crippen LogP contribution in [0, 0.1) is 5.92 Å². The van der Waals surface area contributed by atoms with Crippen molar-refractivity contribution in [2.75, 3.05) is 6.54 Å². The third-order valence-electron chi connectivity index (χ3n) is 3.51. The Morgan fingerprint density at radius 2 is 2.21 bits per heavy atom. The summed E-state index contributed by atoms with van der Waals surface area (Å²) in [5.41, 5.74) is 0. The predicted molar refractivity (Wildman–Crippen MR) is 78.8 cm³/mol.